The third-order valence-electron chi connectivity index (χ3n) is 3.64. The molecule has 0 bridgehead atoms. The second kappa shape index (κ2) is 6.92. The molecule has 1 unspecified atom stereocenters. The minimum absolute atomic E-state index is 0.0616. The lowest BCUT2D eigenvalue weighted by molar-refractivity contribution is -0.150. The van der Waals surface area contributed by atoms with E-state index in [9.17, 15) is 9.59 Å². The summed E-state index contributed by atoms with van der Waals surface area (Å²) < 4.78 is 4.88. The molecule has 0 saturated heterocycles. The van der Waals surface area contributed by atoms with Gasteiger partial charge in [0.05, 0.1) is 13.0 Å². The van der Waals surface area contributed by atoms with Crippen LogP contribution < -0.4 is 5.32 Å². The van der Waals surface area contributed by atoms with Crippen LogP contribution in [0, 0.1) is 11.8 Å². The number of rotatable bonds is 4. The Bertz CT molecular complexity index is 314. The van der Waals surface area contributed by atoms with E-state index >= 15 is 0 Å². The molecule has 0 heterocycles. The Morgan fingerprint density at radius 2 is 1.79 bits per heavy atom. The van der Waals surface area contributed by atoms with Gasteiger partial charge in [-0.05, 0) is 39.5 Å². The summed E-state index contributed by atoms with van der Waals surface area (Å²) in [7, 11) is 1.40. The van der Waals surface area contributed by atoms with Crippen LogP contribution in [-0.2, 0) is 14.3 Å². The number of ether oxygens (including phenoxy) is 1. The van der Waals surface area contributed by atoms with Crippen molar-refractivity contribution in [3.8, 4) is 0 Å². The topological polar surface area (TPSA) is 55.4 Å². The second-order valence-electron chi connectivity index (χ2n) is 6.53. The fourth-order valence-corrected chi connectivity index (χ4v) is 2.80. The summed E-state index contributed by atoms with van der Waals surface area (Å²) in [6.07, 6.45) is 5.84. The number of hydrogen-bond acceptors (Lipinski definition) is 3. The molecule has 1 aliphatic carbocycles. The minimum Gasteiger partial charge on any atom is -0.469 e. The second-order valence-corrected chi connectivity index (χ2v) is 6.53. The van der Waals surface area contributed by atoms with E-state index < -0.39 is 0 Å². The van der Waals surface area contributed by atoms with Crippen LogP contribution in [0.3, 0.4) is 0 Å². The van der Waals surface area contributed by atoms with Gasteiger partial charge in [0.2, 0.25) is 5.91 Å². The molecule has 0 aromatic carbocycles. The molecule has 0 aliphatic heterocycles. The molecule has 0 aromatic heterocycles. The fourth-order valence-electron chi connectivity index (χ4n) is 2.80. The SMILES string of the molecule is COC(=O)C(CC(=O)NC(C)(C)C)C1CCCCC1. The quantitative estimate of drug-likeness (QED) is 0.798. The van der Waals surface area contributed by atoms with Crippen LogP contribution in [0.4, 0.5) is 0 Å². The van der Waals surface area contributed by atoms with Crippen molar-refractivity contribution in [3.05, 3.63) is 0 Å². The van der Waals surface area contributed by atoms with Crippen molar-refractivity contribution in [1.82, 2.24) is 5.32 Å². The van der Waals surface area contributed by atoms with Gasteiger partial charge < -0.3 is 10.1 Å². The number of carbonyl (C=O) groups is 2. The van der Waals surface area contributed by atoms with Gasteiger partial charge in [0, 0.05) is 12.0 Å². The molecular formula is C15H27NO3. The van der Waals surface area contributed by atoms with Crippen molar-refractivity contribution in [2.75, 3.05) is 7.11 Å². The van der Waals surface area contributed by atoms with Gasteiger partial charge in [-0.1, -0.05) is 19.3 Å². The van der Waals surface area contributed by atoms with E-state index in [-0.39, 0.29) is 29.8 Å². The Morgan fingerprint density at radius 3 is 2.26 bits per heavy atom. The largest absolute Gasteiger partial charge is 0.469 e. The first kappa shape index (κ1) is 16.0. The lowest BCUT2D eigenvalue weighted by atomic mass is 9.78. The zero-order valence-corrected chi connectivity index (χ0v) is 12.6. The minimum atomic E-state index is -0.285. The number of amides is 1. The molecule has 1 amide bonds. The highest BCUT2D eigenvalue weighted by Crippen LogP contribution is 2.32. The zero-order valence-electron chi connectivity index (χ0n) is 12.6. The van der Waals surface area contributed by atoms with Gasteiger partial charge in [0.15, 0.2) is 0 Å². The number of esters is 1. The van der Waals surface area contributed by atoms with E-state index in [1.165, 1.54) is 13.5 Å². The molecule has 110 valence electrons. The molecule has 1 aliphatic rings. The summed E-state index contributed by atoms with van der Waals surface area (Å²) in [5.74, 6) is -0.288. The predicted molar refractivity (Wildman–Crippen MR) is 74.6 cm³/mol. The summed E-state index contributed by atoms with van der Waals surface area (Å²) in [6.45, 7) is 5.83. The standard InChI is InChI=1S/C15H27NO3/c1-15(2,3)16-13(17)10-12(14(18)19-4)11-8-6-5-7-9-11/h11-12H,5-10H2,1-4H3,(H,16,17). The highest BCUT2D eigenvalue weighted by atomic mass is 16.5. The smallest absolute Gasteiger partial charge is 0.309 e. The van der Waals surface area contributed by atoms with Crippen molar-refractivity contribution in [3.63, 3.8) is 0 Å². The first-order chi connectivity index (χ1) is 8.83. The van der Waals surface area contributed by atoms with Crippen molar-refractivity contribution in [2.45, 2.75) is 64.8 Å². The van der Waals surface area contributed by atoms with Crippen LogP contribution >= 0.6 is 0 Å². The first-order valence-corrected chi connectivity index (χ1v) is 7.22. The van der Waals surface area contributed by atoms with Gasteiger partial charge >= 0.3 is 5.97 Å². The highest BCUT2D eigenvalue weighted by Gasteiger charge is 2.32. The summed E-state index contributed by atoms with van der Waals surface area (Å²) >= 11 is 0. The number of carbonyl (C=O) groups excluding carboxylic acids is 2. The van der Waals surface area contributed by atoms with Gasteiger partial charge in [-0.2, -0.15) is 0 Å². The monoisotopic (exact) mass is 269 g/mol. The summed E-state index contributed by atoms with van der Waals surface area (Å²) in [6, 6.07) is 0. The average molecular weight is 269 g/mol. The molecule has 1 rings (SSSR count). The van der Waals surface area contributed by atoms with Crippen LogP contribution in [0.25, 0.3) is 0 Å². The molecule has 0 aromatic rings. The van der Waals surface area contributed by atoms with Crippen LogP contribution in [0.5, 0.6) is 0 Å². The van der Waals surface area contributed by atoms with Crippen LogP contribution in [-0.4, -0.2) is 24.5 Å². The Kier molecular flexibility index (Phi) is 5.83. The molecule has 1 fully saturated rings. The average Bonchev–Trinajstić information content (AvgIpc) is 2.34. The van der Waals surface area contributed by atoms with Crippen molar-refractivity contribution >= 4 is 11.9 Å². The fraction of sp³-hybridized carbons (Fsp3) is 0.867. The van der Waals surface area contributed by atoms with Crippen molar-refractivity contribution in [2.24, 2.45) is 11.8 Å². The van der Waals surface area contributed by atoms with Crippen molar-refractivity contribution < 1.29 is 14.3 Å². The lowest BCUT2D eigenvalue weighted by Gasteiger charge is -2.29. The molecule has 4 nitrogen and oxygen atoms in total. The Balaban J connectivity index is 2.64. The third kappa shape index (κ3) is 5.62. The molecule has 1 N–H and O–H groups in total. The third-order valence-corrected chi connectivity index (χ3v) is 3.64. The number of nitrogens with one attached hydrogen (secondary N) is 1. The normalized spacial score (nSPS) is 18.7. The Hall–Kier alpha value is -1.06. The molecule has 1 saturated carbocycles. The van der Waals surface area contributed by atoms with Gasteiger partial charge in [-0.25, -0.2) is 0 Å². The summed E-state index contributed by atoms with van der Waals surface area (Å²) in [5, 5.41) is 2.92. The van der Waals surface area contributed by atoms with E-state index in [4.69, 9.17) is 4.74 Å². The molecule has 0 radical (unpaired) electrons. The molecule has 0 spiro atoms. The summed E-state index contributed by atoms with van der Waals surface area (Å²) in [5.41, 5.74) is -0.260. The van der Waals surface area contributed by atoms with E-state index in [0.717, 1.165) is 25.7 Å². The molecule has 19 heavy (non-hydrogen) atoms. The van der Waals surface area contributed by atoms with Crippen LogP contribution in [0.1, 0.15) is 59.3 Å². The van der Waals surface area contributed by atoms with Crippen LogP contribution in [0.2, 0.25) is 0 Å². The van der Waals surface area contributed by atoms with E-state index in [2.05, 4.69) is 5.32 Å². The van der Waals surface area contributed by atoms with Gasteiger partial charge in [0.25, 0.3) is 0 Å². The van der Waals surface area contributed by atoms with Gasteiger partial charge in [0.1, 0.15) is 0 Å². The molecule has 1 atom stereocenters. The first-order valence-electron chi connectivity index (χ1n) is 7.22. The van der Waals surface area contributed by atoms with E-state index in [1.807, 2.05) is 20.8 Å². The molecular weight excluding hydrogens is 242 g/mol. The summed E-state index contributed by atoms with van der Waals surface area (Å²) in [4.78, 5) is 23.9. The number of hydrogen-bond donors (Lipinski definition) is 1. The lowest BCUT2D eigenvalue weighted by Crippen LogP contribution is -2.43. The highest BCUT2D eigenvalue weighted by molar-refractivity contribution is 5.83. The Labute approximate surface area is 116 Å². The van der Waals surface area contributed by atoms with E-state index in [0.29, 0.717) is 5.92 Å². The van der Waals surface area contributed by atoms with E-state index in [1.54, 1.807) is 0 Å². The van der Waals surface area contributed by atoms with Gasteiger partial charge in [-0.3, -0.25) is 9.59 Å². The maximum absolute atomic E-state index is 12.0. The maximum atomic E-state index is 12.0. The molecule has 4 heteroatoms. The number of methoxy groups -OCH3 is 1. The van der Waals surface area contributed by atoms with Crippen molar-refractivity contribution in [1.29, 1.82) is 0 Å². The zero-order chi connectivity index (χ0) is 14.5. The Morgan fingerprint density at radius 1 is 1.21 bits per heavy atom. The van der Waals surface area contributed by atoms with Crippen LogP contribution in [0.15, 0.2) is 0 Å². The van der Waals surface area contributed by atoms with Gasteiger partial charge in [-0.15, -0.1) is 0 Å². The maximum Gasteiger partial charge on any atom is 0.309 e. The predicted octanol–water partition coefficient (Wildman–Crippen LogP) is 2.66.